The van der Waals surface area contributed by atoms with Gasteiger partial charge in [0.25, 0.3) is 0 Å². The van der Waals surface area contributed by atoms with E-state index < -0.39 is 5.60 Å². The molecule has 1 unspecified atom stereocenters. The van der Waals surface area contributed by atoms with Gasteiger partial charge in [-0.2, -0.15) is 0 Å². The maximum Gasteiger partial charge on any atom is 0.414 e. The number of carbonyl (C=O) groups excluding carboxylic acids is 1. The van der Waals surface area contributed by atoms with Gasteiger partial charge in [-0.1, -0.05) is 36.4 Å². The van der Waals surface area contributed by atoms with Crippen molar-refractivity contribution in [3.8, 4) is 5.75 Å². The van der Waals surface area contributed by atoms with Crippen LogP contribution in [0.2, 0.25) is 0 Å². The summed E-state index contributed by atoms with van der Waals surface area (Å²) in [4.78, 5) is 14.4. The highest BCUT2D eigenvalue weighted by Gasteiger charge is 2.35. The highest BCUT2D eigenvalue weighted by molar-refractivity contribution is 5.92. The van der Waals surface area contributed by atoms with E-state index >= 15 is 0 Å². The highest BCUT2D eigenvalue weighted by atomic mass is 16.6. The predicted octanol–water partition coefficient (Wildman–Crippen LogP) is 4.58. The molecule has 1 aliphatic heterocycles. The Morgan fingerprint density at radius 1 is 1.12 bits per heavy atom. The van der Waals surface area contributed by atoms with Gasteiger partial charge in [0.1, 0.15) is 11.4 Å². The molecule has 1 aliphatic rings. The number of anilines is 1. The maximum atomic E-state index is 12.7. The summed E-state index contributed by atoms with van der Waals surface area (Å²) in [5.41, 5.74) is 2.64. The van der Waals surface area contributed by atoms with Crippen molar-refractivity contribution in [2.75, 3.05) is 18.6 Å². The third-order valence-corrected chi connectivity index (χ3v) is 4.08. The van der Waals surface area contributed by atoms with Crippen LogP contribution in [0.25, 0.3) is 0 Å². The van der Waals surface area contributed by atoms with Gasteiger partial charge in [-0.15, -0.1) is 0 Å². The molecule has 0 saturated carbocycles. The number of benzene rings is 2. The number of hydrogen-bond donors (Lipinski definition) is 0. The van der Waals surface area contributed by atoms with Crippen LogP contribution in [-0.4, -0.2) is 25.3 Å². The lowest BCUT2D eigenvalue weighted by Crippen LogP contribution is -2.36. The van der Waals surface area contributed by atoms with Gasteiger partial charge in [0.05, 0.1) is 12.8 Å². The fourth-order valence-corrected chi connectivity index (χ4v) is 3.02. The number of carbonyl (C=O) groups is 1. The normalized spacial score (nSPS) is 16.7. The summed E-state index contributed by atoms with van der Waals surface area (Å²) in [6, 6.07) is 16.1. The summed E-state index contributed by atoms with van der Waals surface area (Å²) in [7, 11) is 1.63. The van der Waals surface area contributed by atoms with Crippen molar-refractivity contribution in [3.05, 3.63) is 59.7 Å². The Morgan fingerprint density at radius 2 is 1.83 bits per heavy atom. The first kappa shape index (κ1) is 16.4. The first-order chi connectivity index (χ1) is 11.4. The number of rotatable bonds is 2. The lowest BCUT2D eigenvalue weighted by atomic mass is 9.93. The van der Waals surface area contributed by atoms with E-state index in [0.717, 1.165) is 17.0 Å². The van der Waals surface area contributed by atoms with Crippen LogP contribution in [0.3, 0.4) is 0 Å². The maximum absolute atomic E-state index is 12.7. The number of fused-ring (bicyclic) bond motifs is 1. The number of amides is 1. The SMILES string of the molecule is COc1ccc2c(c1)N(C(=O)OC(C)(C)C)CC2c1ccccc1. The van der Waals surface area contributed by atoms with Gasteiger partial charge >= 0.3 is 6.09 Å². The number of methoxy groups -OCH3 is 1. The van der Waals surface area contributed by atoms with Crippen LogP contribution < -0.4 is 9.64 Å². The van der Waals surface area contributed by atoms with Crippen LogP contribution in [0.5, 0.6) is 5.75 Å². The summed E-state index contributed by atoms with van der Waals surface area (Å²) >= 11 is 0. The second-order valence-corrected chi connectivity index (χ2v) is 6.98. The number of ether oxygens (including phenoxy) is 2. The lowest BCUT2D eigenvalue weighted by molar-refractivity contribution is 0.0583. The molecule has 2 aromatic rings. The van der Waals surface area contributed by atoms with Gasteiger partial charge in [0, 0.05) is 18.5 Å². The van der Waals surface area contributed by atoms with Crippen LogP contribution in [0.4, 0.5) is 10.5 Å². The zero-order chi connectivity index (χ0) is 17.3. The molecule has 0 aliphatic carbocycles. The van der Waals surface area contributed by atoms with Crippen LogP contribution in [0, 0.1) is 0 Å². The van der Waals surface area contributed by atoms with Crippen molar-refractivity contribution in [1.29, 1.82) is 0 Å². The molecule has 126 valence electrons. The first-order valence-corrected chi connectivity index (χ1v) is 8.12. The first-order valence-electron chi connectivity index (χ1n) is 8.12. The topological polar surface area (TPSA) is 38.8 Å². The smallest absolute Gasteiger partial charge is 0.414 e. The Bertz CT molecular complexity index is 734. The quantitative estimate of drug-likeness (QED) is 0.811. The van der Waals surface area contributed by atoms with Crippen molar-refractivity contribution in [2.45, 2.75) is 32.3 Å². The fourth-order valence-electron chi connectivity index (χ4n) is 3.02. The molecule has 0 fully saturated rings. The summed E-state index contributed by atoms with van der Waals surface area (Å²) < 4.78 is 10.9. The molecule has 24 heavy (non-hydrogen) atoms. The summed E-state index contributed by atoms with van der Waals surface area (Å²) in [6.45, 7) is 6.20. The van der Waals surface area contributed by atoms with Crippen LogP contribution in [0.1, 0.15) is 37.8 Å². The van der Waals surface area contributed by atoms with E-state index in [-0.39, 0.29) is 12.0 Å². The average Bonchev–Trinajstić information content (AvgIpc) is 2.93. The molecule has 1 heterocycles. The average molecular weight is 325 g/mol. The van der Waals surface area contributed by atoms with E-state index in [2.05, 4.69) is 12.1 Å². The van der Waals surface area contributed by atoms with E-state index in [0.29, 0.717) is 6.54 Å². The second kappa shape index (κ2) is 6.19. The largest absolute Gasteiger partial charge is 0.497 e. The minimum absolute atomic E-state index is 0.139. The third kappa shape index (κ3) is 3.23. The molecule has 2 aromatic carbocycles. The molecule has 4 nitrogen and oxygen atoms in total. The predicted molar refractivity (Wildman–Crippen MR) is 94.9 cm³/mol. The Hall–Kier alpha value is -2.49. The summed E-state index contributed by atoms with van der Waals surface area (Å²) in [5, 5.41) is 0. The molecule has 0 bridgehead atoms. The molecule has 0 saturated heterocycles. The Morgan fingerprint density at radius 3 is 2.46 bits per heavy atom. The molecule has 3 rings (SSSR count). The molecule has 0 spiro atoms. The molecule has 0 radical (unpaired) electrons. The number of hydrogen-bond acceptors (Lipinski definition) is 3. The van der Waals surface area contributed by atoms with Crippen molar-refractivity contribution >= 4 is 11.8 Å². The molecule has 1 atom stereocenters. The highest BCUT2D eigenvalue weighted by Crippen LogP contribution is 2.42. The van der Waals surface area contributed by atoms with Crippen molar-refractivity contribution in [1.82, 2.24) is 0 Å². The third-order valence-electron chi connectivity index (χ3n) is 4.08. The van der Waals surface area contributed by atoms with Crippen molar-refractivity contribution < 1.29 is 14.3 Å². The zero-order valence-corrected chi connectivity index (χ0v) is 14.6. The summed E-state index contributed by atoms with van der Waals surface area (Å²) in [5.74, 6) is 0.871. The molecule has 4 heteroatoms. The van der Waals surface area contributed by atoms with Gasteiger partial charge < -0.3 is 9.47 Å². The van der Waals surface area contributed by atoms with E-state index in [1.807, 2.05) is 57.2 Å². The van der Waals surface area contributed by atoms with E-state index in [9.17, 15) is 4.79 Å². The lowest BCUT2D eigenvalue weighted by Gasteiger charge is -2.25. The number of nitrogens with zero attached hydrogens (tertiary/aromatic N) is 1. The molecular weight excluding hydrogens is 302 g/mol. The second-order valence-electron chi connectivity index (χ2n) is 6.98. The minimum Gasteiger partial charge on any atom is -0.497 e. The van der Waals surface area contributed by atoms with E-state index in [1.54, 1.807) is 12.0 Å². The molecule has 1 amide bonds. The van der Waals surface area contributed by atoms with Crippen molar-refractivity contribution in [3.63, 3.8) is 0 Å². The van der Waals surface area contributed by atoms with Crippen molar-refractivity contribution in [2.24, 2.45) is 0 Å². The minimum atomic E-state index is -0.527. The Kier molecular flexibility index (Phi) is 4.22. The molecular formula is C20H23NO3. The fraction of sp³-hybridized carbons (Fsp3) is 0.350. The molecule has 0 aromatic heterocycles. The Labute approximate surface area is 143 Å². The van der Waals surface area contributed by atoms with Gasteiger partial charge in [-0.25, -0.2) is 4.79 Å². The van der Waals surface area contributed by atoms with Gasteiger partial charge in [-0.3, -0.25) is 4.90 Å². The van der Waals surface area contributed by atoms with Crippen LogP contribution >= 0.6 is 0 Å². The Balaban J connectivity index is 2.00. The standard InChI is InChI=1S/C20H23NO3/c1-20(2,3)24-19(22)21-13-17(14-8-6-5-7-9-14)16-11-10-15(23-4)12-18(16)21/h5-12,17H,13H2,1-4H3. The van der Waals surface area contributed by atoms with Crippen LogP contribution in [-0.2, 0) is 4.74 Å². The van der Waals surface area contributed by atoms with Crippen LogP contribution in [0.15, 0.2) is 48.5 Å². The molecule has 0 N–H and O–H groups in total. The van der Waals surface area contributed by atoms with Gasteiger partial charge in [0.15, 0.2) is 0 Å². The monoisotopic (exact) mass is 325 g/mol. The zero-order valence-electron chi connectivity index (χ0n) is 14.6. The van der Waals surface area contributed by atoms with Gasteiger partial charge in [0.2, 0.25) is 0 Å². The van der Waals surface area contributed by atoms with E-state index in [4.69, 9.17) is 9.47 Å². The van der Waals surface area contributed by atoms with Gasteiger partial charge in [-0.05, 0) is 38.0 Å². The summed E-state index contributed by atoms with van der Waals surface area (Å²) in [6.07, 6.45) is -0.324. The van der Waals surface area contributed by atoms with E-state index in [1.165, 1.54) is 5.56 Å².